The number of nitro groups is 1. The number of rotatable bonds is 5. The van der Waals surface area contributed by atoms with E-state index >= 15 is 0 Å². The van der Waals surface area contributed by atoms with Crippen LogP contribution in [0.2, 0.25) is 0 Å². The van der Waals surface area contributed by atoms with Crippen molar-refractivity contribution in [3.05, 3.63) is 22.2 Å². The van der Waals surface area contributed by atoms with E-state index in [0.29, 0.717) is 5.82 Å². The van der Waals surface area contributed by atoms with Crippen molar-refractivity contribution in [1.82, 2.24) is 4.98 Å². The number of anilines is 2. The van der Waals surface area contributed by atoms with E-state index in [2.05, 4.69) is 15.6 Å². The lowest BCUT2D eigenvalue weighted by atomic mass is 9.94. The van der Waals surface area contributed by atoms with Crippen LogP contribution in [0.15, 0.2) is 12.1 Å². The highest BCUT2D eigenvalue weighted by Gasteiger charge is 2.29. The SMILES string of the molecule is CNc1ccc([N+](=O)[O-])c(NCC2(O)CCCCCC2)n1. The second kappa shape index (κ2) is 6.71. The molecule has 2 rings (SSSR count). The molecule has 0 unspecified atom stereocenters. The van der Waals surface area contributed by atoms with Crippen LogP contribution in [0.4, 0.5) is 17.3 Å². The van der Waals surface area contributed by atoms with Crippen molar-refractivity contribution in [2.45, 2.75) is 44.1 Å². The van der Waals surface area contributed by atoms with E-state index in [-0.39, 0.29) is 18.1 Å². The monoisotopic (exact) mass is 294 g/mol. The zero-order valence-corrected chi connectivity index (χ0v) is 12.3. The third-order valence-electron chi connectivity index (χ3n) is 3.95. The Bertz CT molecular complexity index is 499. The molecule has 0 bridgehead atoms. The Morgan fingerprint density at radius 1 is 1.33 bits per heavy atom. The van der Waals surface area contributed by atoms with Crippen molar-refractivity contribution in [2.24, 2.45) is 0 Å². The van der Waals surface area contributed by atoms with Gasteiger partial charge in [-0.15, -0.1) is 0 Å². The maximum absolute atomic E-state index is 11.0. The minimum absolute atomic E-state index is 0.0776. The lowest BCUT2D eigenvalue weighted by molar-refractivity contribution is -0.384. The van der Waals surface area contributed by atoms with Crippen LogP contribution in [0, 0.1) is 10.1 Å². The van der Waals surface area contributed by atoms with Gasteiger partial charge in [-0.05, 0) is 18.9 Å². The minimum Gasteiger partial charge on any atom is -0.388 e. The van der Waals surface area contributed by atoms with Gasteiger partial charge in [0.2, 0.25) is 5.82 Å². The molecule has 1 heterocycles. The normalized spacial score (nSPS) is 17.8. The van der Waals surface area contributed by atoms with Gasteiger partial charge in [-0.2, -0.15) is 0 Å². The lowest BCUT2D eigenvalue weighted by Gasteiger charge is -2.27. The van der Waals surface area contributed by atoms with Crippen molar-refractivity contribution < 1.29 is 10.0 Å². The second-order valence-corrected chi connectivity index (χ2v) is 5.56. The minimum atomic E-state index is -0.804. The van der Waals surface area contributed by atoms with Crippen LogP contribution >= 0.6 is 0 Å². The highest BCUT2D eigenvalue weighted by Crippen LogP contribution is 2.29. The summed E-state index contributed by atoms with van der Waals surface area (Å²) in [5.74, 6) is 0.750. The first-order chi connectivity index (χ1) is 10.0. The van der Waals surface area contributed by atoms with Gasteiger partial charge in [0.15, 0.2) is 0 Å². The van der Waals surface area contributed by atoms with Crippen LogP contribution in [0.1, 0.15) is 38.5 Å². The molecule has 3 N–H and O–H groups in total. The molecule has 0 atom stereocenters. The first-order valence-corrected chi connectivity index (χ1v) is 7.33. The fourth-order valence-corrected chi connectivity index (χ4v) is 2.68. The molecular weight excluding hydrogens is 272 g/mol. The molecule has 1 aliphatic carbocycles. The molecule has 0 amide bonds. The highest BCUT2D eigenvalue weighted by molar-refractivity contribution is 5.60. The molecule has 7 nitrogen and oxygen atoms in total. The molecule has 116 valence electrons. The van der Waals surface area contributed by atoms with Crippen molar-refractivity contribution in [1.29, 1.82) is 0 Å². The zero-order valence-electron chi connectivity index (χ0n) is 12.3. The van der Waals surface area contributed by atoms with Gasteiger partial charge in [0.1, 0.15) is 5.82 Å². The van der Waals surface area contributed by atoms with Gasteiger partial charge in [0.05, 0.1) is 10.5 Å². The summed E-state index contributed by atoms with van der Waals surface area (Å²) in [7, 11) is 1.71. The van der Waals surface area contributed by atoms with E-state index in [4.69, 9.17) is 0 Å². The van der Waals surface area contributed by atoms with Gasteiger partial charge < -0.3 is 15.7 Å². The number of hydrogen-bond donors (Lipinski definition) is 3. The van der Waals surface area contributed by atoms with Gasteiger partial charge in [-0.1, -0.05) is 25.7 Å². The number of nitrogens with zero attached hydrogens (tertiary/aromatic N) is 2. The van der Waals surface area contributed by atoms with E-state index in [0.717, 1.165) is 38.5 Å². The Labute approximate surface area is 123 Å². The Balaban J connectivity index is 2.12. The molecule has 21 heavy (non-hydrogen) atoms. The summed E-state index contributed by atoms with van der Waals surface area (Å²) in [6.07, 6.45) is 5.69. The van der Waals surface area contributed by atoms with Crippen molar-refractivity contribution >= 4 is 17.3 Å². The first kappa shape index (κ1) is 15.5. The smallest absolute Gasteiger partial charge is 0.311 e. The first-order valence-electron chi connectivity index (χ1n) is 7.33. The van der Waals surface area contributed by atoms with Crippen LogP contribution in [-0.4, -0.2) is 34.2 Å². The number of aromatic nitrogens is 1. The molecule has 0 aromatic carbocycles. The Morgan fingerprint density at radius 3 is 2.57 bits per heavy atom. The van der Waals surface area contributed by atoms with Crippen molar-refractivity contribution in [3.63, 3.8) is 0 Å². The van der Waals surface area contributed by atoms with Crippen LogP contribution in [0.3, 0.4) is 0 Å². The standard InChI is InChI=1S/C14H22N4O3/c1-15-12-7-6-11(18(20)21)13(17-12)16-10-14(19)8-4-2-3-5-9-14/h6-7,19H,2-5,8-10H2,1H3,(H2,15,16,17). The molecule has 0 saturated heterocycles. The van der Waals surface area contributed by atoms with Crippen LogP contribution in [0.25, 0.3) is 0 Å². The molecule has 1 aromatic heterocycles. The molecule has 0 radical (unpaired) electrons. The molecular formula is C14H22N4O3. The lowest BCUT2D eigenvalue weighted by Crippen LogP contribution is -2.36. The predicted molar refractivity (Wildman–Crippen MR) is 81.6 cm³/mol. The number of nitrogens with one attached hydrogen (secondary N) is 2. The van der Waals surface area contributed by atoms with E-state index in [9.17, 15) is 15.2 Å². The molecule has 0 aliphatic heterocycles. The third kappa shape index (κ3) is 4.04. The quantitative estimate of drug-likeness (QED) is 0.438. The molecule has 1 aromatic rings. The summed E-state index contributed by atoms with van der Waals surface area (Å²) in [5.41, 5.74) is -0.881. The van der Waals surface area contributed by atoms with E-state index in [1.54, 1.807) is 13.1 Å². The fourth-order valence-electron chi connectivity index (χ4n) is 2.68. The van der Waals surface area contributed by atoms with Crippen molar-refractivity contribution in [2.75, 3.05) is 24.2 Å². The van der Waals surface area contributed by atoms with Crippen molar-refractivity contribution in [3.8, 4) is 0 Å². The van der Waals surface area contributed by atoms with E-state index in [1.807, 2.05) is 0 Å². The predicted octanol–water partition coefficient (Wildman–Crippen LogP) is 2.53. The van der Waals surface area contributed by atoms with Gasteiger partial charge in [0, 0.05) is 19.7 Å². The van der Waals surface area contributed by atoms with E-state index < -0.39 is 10.5 Å². The Morgan fingerprint density at radius 2 is 2.00 bits per heavy atom. The summed E-state index contributed by atoms with van der Waals surface area (Å²) >= 11 is 0. The average molecular weight is 294 g/mol. The second-order valence-electron chi connectivity index (χ2n) is 5.56. The number of pyridine rings is 1. The zero-order chi connectivity index (χ0) is 15.3. The molecule has 0 spiro atoms. The number of aliphatic hydroxyl groups is 1. The van der Waals surface area contributed by atoms with Gasteiger partial charge in [0.25, 0.3) is 0 Å². The van der Waals surface area contributed by atoms with Crippen LogP contribution < -0.4 is 10.6 Å². The van der Waals surface area contributed by atoms with E-state index in [1.165, 1.54) is 6.07 Å². The Kier molecular flexibility index (Phi) is 4.95. The average Bonchev–Trinajstić information content (AvgIpc) is 2.70. The maximum atomic E-state index is 11.0. The summed E-state index contributed by atoms with van der Waals surface area (Å²) in [5, 5.41) is 27.5. The summed E-state index contributed by atoms with van der Waals surface area (Å²) in [6.45, 7) is 0.286. The molecule has 1 saturated carbocycles. The summed E-state index contributed by atoms with van der Waals surface area (Å²) in [4.78, 5) is 14.8. The van der Waals surface area contributed by atoms with Gasteiger partial charge in [-0.3, -0.25) is 10.1 Å². The van der Waals surface area contributed by atoms with Gasteiger partial charge >= 0.3 is 5.69 Å². The highest BCUT2D eigenvalue weighted by atomic mass is 16.6. The maximum Gasteiger partial charge on any atom is 0.311 e. The van der Waals surface area contributed by atoms with Crippen LogP contribution in [0.5, 0.6) is 0 Å². The number of hydrogen-bond acceptors (Lipinski definition) is 6. The largest absolute Gasteiger partial charge is 0.388 e. The Hall–Kier alpha value is -1.89. The summed E-state index contributed by atoms with van der Waals surface area (Å²) in [6, 6.07) is 2.97. The topological polar surface area (TPSA) is 100 Å². The van der Waals surface area contributed by atoms with Gasteiger partial charge in [-0.25, -0.2) is 4.98 Å². The molecule has 1 fully saturated rings. The summed E-state index contributed by atoms with van der Waals surface area (Å²) < 4.78 is 0. The molecule has 7 heteroatoms. The van der Waals surface area contributed by atoms with Crippen LogP contribution in [-0.2, 0) is 0 Å². The third-order valence-corrected chi connectivity index (χ3v) is 3.95. The fraction of sp³-hybridized carbons (Fsp3) is 0.643. The molecule has 1 aliphatic rings.